The number of hydrogen-bond donors (Lipinski definition) is 1. The molecular formula is C15H30N2OS. The Hall–Kier alpha value is -0.220. The molecule has 1 amide bonds. The fourth-order valence-corrected chi connectivity index (χ4v) is 3.38. The first-order chi connectivity index (χ1) is 9.01. The summed E-state index contributed by atoms with van der Waals surface area (Å²) in [6, 6.07) is 0.384. The van der Waals surface area contributed by atoms with Gasteiger partial charge < -0.3 is 4.90 Å². The molecule has 1 fully saturated rings. The van der Waals surface area contributed by atoms with Crippen molar-refractivity contribution in [3.8, 4) is 0 Å². The summed E-state index contributed by atoms with van der Waals surface area (Å²) in [5.41, 5.74) is 0. The maximum absolute atomic E-state index is 12.6. The van der Waals surface area contributed by atoms with Gasteiger partial charge in [0.1, 0.15) is 0 Å². The van der Waals surface area contributed by atoms with E-state index in [2.05, 4.69) is 44.2 Å². The summed E-state index contributed by atoms with van der Waals surface area (Å²) in [6.07, 6.45) is 6.59. The van der Waals surface area contributed by atoms with Crippen LogP contribution in [0.1, 0.15) is 53.4 Å². The second-order valence-corrected chi connectivity index (χ2v) is 7.01. The number of amides is 1. The second-order valence-electron chi connectivity index (χ2n) is 6.03. The number of nitrogens with one attached hydrogen (secondary N) is 1. The molecule has 112 valence electrons. The molecule has 1 aliphatic heterocycles. The molecule has 1 heterocycles. The summed E-state index contributed by atoms with van der Waals surface area (Å²) in [7, 11) is 0. The van der Waals surface area contributed by atoms with Gasteiger partial charge in [-0.2, -0.15) is 11.8 Å². The topological polar surface area (TPSA) is 32.3 Å². The Kier molecular flexibility index (Phi) is 7.22. The van der Waals surface area contributed by atoms with Crippen LogP contribution >= 0.6 is 11.8 Å². The van der Waals surface area contributed by atoms with E-state index in [0.29, 0.717) is 17.9 Å². The molecule has 4 heteroatoms. The van der Waals surface area contributed by atoms with E-state index in [9.17, 15) is 4.79 Å². The van der Waals surface area contributed by atoms with Crippen molar-refractivity contribution < 1.29 is 4.79 Å². The smallest absolute Gasteiger partial charge is 0.241 e. The fraction of sp³-hybridized carbons (Fsp3) is 0.933. The van der Waals surface area contributed by atoms with Gasteiger partial charge in [0.05, 0.1) is 12.2 Å². The SMILES string of the molecule is CCCC1NC(CC(C)C)C(=O)N1C(C)CCSC. The predicted octanol–water partition coefficient (Wildman–Crippen LogP) is 3.10. The van der Waals surface area contributed by atoms with Crippen molar-refractivity contribution in [3.05, 3.63) is 0 Å². The molecule has 1 saturated heterocycles. The summed E-state index contributed by atoms with van der Waals surface area (Å²) in [5, 5.41) is 3.55. The van der Waals surface area contributed by atoms with Gasteiger partial charge in [-0.05, 0) is 44.1 Å². The second kappa shape index (κ2) is 8.15. The van der Waals surface area contributed by atoms with E-state index < -0.39 is 0 Å². The summed E-state index contributed by atoms with van der Waals surface area (Å²) >= 11 is 1.86. The van der Waals surface area contributed by atoms with Gasteiger partial charge in [-0.3, -0.25) is 10.1 Å². The van der Waals surface area contributed by atoms with Gasteiger partial charge in [-0.25, -0.2) is 0 Å². The maximum atomic E-state index is 12.6. The fourth-order valence-electron chi connectivity index (χ4n) is 2.81. The van der Waals surface area contributed by atoms with Crippen molar-refractivity contribution in [1.82, 2.24) is 10.2 Å². The minimum absolute atomic E-state index is 0.0354. The highest BCUT2D eigenvalue weighted by molar-refractivity contribution is 7.98. The molecule has 0 spiro atoms. The lowest BCUT2D eigenvalue weighted by atomic mass is 10.0. The molecule has 1 N–H and O–H groups in total. The average molecular weight is 286 g/mol. The van der Waals surface area contributed by atoms with Gasteiger partial charge in [0.2, 0.25) is 5.91 Å². The average Bonchev–Trinajstić information content (AvgIpc) is 2.63. The molecule has 0 aromatic heterocycles. The lowest BCUT2D eigenvalue weighted by molar-refractivity contribution is -0.132. The van der Waals surface area contributed by atoms with E-state index >= 15 is 0 Å². The van der Waals surface area contributed by atoms with Crippen molar-refractivity contribution in [1.29, 1.82) is 0 Å². The lowest BCUT2D eigenvalue weighted by Crippen LogP contribution is -2.43. The van der Waals surface area contributed by atoms with Crippen molar-refractivity contribution in [2.24, 2.45) is 5.92 Å². The molecule has 19 heavy (non-hydrogen) atoms. The zero-order valence-electron chi connectivity index (χ0n) is 13.1. The van der Waals surface area contributed by atoms with E-state index in [1.165, 1.54) is 0 Å². The highest BCUT2D eigenvalue weighted by atomic mass is 32.2. The molecule has 1 rings (SSSR count). The van der Waals surface area contributed by atoms with Crippen LogP contribution in [0.25, 0.3) is 0 Å². The van der Waals surface area contributed by atoms with Crippen LogP contribution in [0.2, 0.25) is 0 Å². The highest BCUT2D eigenvalue weighted by Gasteiger charge is 2.40. The van der Waals surface area contributed by atoms with Gasteiger partial charge in [0.15, 0.2) is 0 Å². The molecule has 3 nitrogen and oxygen atoms in total. The molecule has 0 saturated carbocycles. The monoisotopic (exact) mass is 286 g/mol. The summed E-state index contributed by atoms with van der Waals surface area (Å²) in [4.78, 5) is 14.7. The first kappa shape index (κ1) is 16.8. The zero-order chi connectivity index (χ0) is 14.4. The minimum Gasteiger partial charge on any atom is -0.323 e. The zero-order valence-corrected chi connectivity index (χ0v) is 13.9. The third kappa shape index (κ3) is 4.67. The first-order valence-electron chi connectivity index (χ1n) is 7.58. The van der Waals surface area contributed by atoms with Crippen LogP contribution in [0.5, 0.6) is 0 Å². The summed E-state index contributed by atoms with van der Waals surface area (Å²) < 4.78 is 0. The standard InChI is InChI=1S/C15H30N2OS/c1-6-7-14-16-13(10-11(2)3)15(18)17(14)12(4)8-9-19-5/h11-14,16H,6-10H2,1-5H3. The van der Waals surface area contributed by atoms with Gasteiger partial charge in [0, 0.05) is 6.04 Å². The molecule has 1 aliphatic rings. The van der Waals surface area contributed by atoms with Gasteiger partial charge in [0.25, 0.3) is 0 Å². The summed E-state index contributed by atoms with van der Waals surface area (Å²) in [5.74, 6) is 2.00. The van der Waals surface area contributed by atoms with Crippen LogP contribution in [0, 0.1) is 5.92 Å². The van der Waals surface area contributed by atoms with Gasteiger partial charge in [-0.15, -0.1) is 0 Å². The van der Waals surface area contributed by atoms with Crippen LogP contribution in [-0.2, 0) is 4.79 Å². The molecular weight excluding hydrogens is 256 g/mol. The largest absolute Gasteiger partial charge is 0.323 e. The number of nitrogens with zero attached hydrogens (tertiary/aromatic N) is 1. The Morgan fingerprint density at radius 2 is 2.05 bits per heavy atom. The Morgan fingerprint density at radius 3 is 2.58 bits per heavy atom. The number of carbonyl (C=O) groups is 1. The number of carbonyl (C=O) groups excluding carboxylic acids is 1. The van der Waals surface area contributed by atoms with E-state index in [1.54, 1.807) is 0 Å². The van der Waals surface area contributed by atoms with Crippen molar-refractivity contribution in [2.75, 3.05) is 12.0 Å². The Bertz CT molecular complexity index is 283. The molecule has 0 aromatic rings. The van der Waals surface area contributed by atoms with Crippen LogP contribution in [0.4, 0.5) is 0 Å². The maximum Gasteiger partial charge on any atom is 0.241 e. The van der Waals surface area contributed by atoms with Crippen LogP contribution in [0.15, 0.2) is 0 Å². The van der Waals surface area contributed by atoms with Gasteiger partial charge in [-0.1, -0.05) is 27.2 Å². The number of rotatable bonds is 8. The molecule has 0 aliphatic carbocycles. The Balaban J connectivity index is 2.70. The van der Waals surface area contributed by atoms with Gasteiger partial charge >= 0.3 is 0 Å². The Morgan fingerprint density at radius 1 is 1.37 bits per heavy atom. The molecule has 3 unspecified atom stereocenters. The normalized spacial score (nSPS) is 25.4. The molecule has 3 atom stereocenters. The number of hydrogen-bond acceptors (Lipinski definition) is 3. The van der Waals surface area contributed by atoms with E-state index in [-0.39, 0.29) is 12.2 Å². The van der Waals surface area contributed by atoms with Crippen LogP contribution < -0.4 is 5.32 Å². The Labute approximate surface area is 122 Å². The minimum atomic E-state index is 0.0354. The quantitative estimate of drug-likeness (QED) is 0.744. The van der Waals surface area contributed by atoms with Crippen molar-refractivity contribution in [3.63, 3.8) is 0 Å². The van der Waals surface area contributed by atoms with Crippen molar-refractivity contribution >= 4 is 17.7 Å². The van der Waals surface area contributed by atoms with Crippen LogP contribution in [0.3, 0.4) is 0 Å². The molecule has 0 radical (unpaired) electrons. The van der Waals surface area contributed by atoms with Crippen molar-refractivity contribution in [2.45, 2.75) is 71.6 Å². The third-order valence-electron chi connectivity index (χ3n) is 3.77. The van der Waals surface area contributed by atoms with E-state index in [4.69, 9.17) is 0 Å². The number of thioether (sulfide) groups is 1. The van der Waals surface area contributed by atoms with E-state index in [0.717, 1.165) is 31.4 Å². The molecule has 0 aromatic carbocycles. The van der Waals surface area contributed by atoms with E-state index in [1.807, 2.05) is 11.8 Å². The molecule has 0 bridgehead atoms. The predicted molar refractivity (Wildman–Crippen MR) is 84.4 cm³/mol. The summed E-state index contributed by atoms with van der Waals surface area (Å²) in [6.45, 7) is 8.75. The van der Waals surface area contributed by atoms with Crippen LogP contribution in [-0.4, -0.2) is 41.1 Å². The highest BCUT2D eigenvalue weighted by Crippen LogP contribution is 2.23. The lowest BCUT2D eigenvalue weighted by Gasteiger charge is -2.30. The first-order valence-corrected chi connectivity index (χ1v) is 8.97. The third-order valence-corrected chi connectivity index (χ3v) is 4.41.